The normalized spacial score (nSPS) is 11.2. The molecular weight excluding hydrogens is 348 g/mol. The number of fused-ring (bicyclic) bond motifs is 1. The van der Waals surface area contributed by atoms with E-state index in [4.69, 9.17) is 17.3 Å². The van der Waals surface area contributed by atoms with Gasteiger partial charge in [0, 0.05) is 5.02 Å². The number of hydrogen-bond acceptors (Lipinski definition) is 7. The van der Waals surface area contributed by atoms with Crippen LogP contribution in [0, 0.1) is 6.92 Å². The third-order valence-corrected chi connectivity index (χ3v) is 4.67. The monoisotopic (exact) mass is 358 g/mol. The Morgan fingerprint density at radius 1 is 1.21 bits per heavy atom. The molecule has 3 heterocycles. The largest absolute Gasteiger partial charge is 0.493 e. The minimum absolute atomic E-state index is 0.0743. The molecule has 3 aromatic heterocycles. The van der Waals surface area contributed by atoms with E-state index >= 15 is 0 Å². The molecule has 0 amide bonds. The smallest absolute Gasteiger partial charge is 0.222 e. The number of rotatable bonds is 2. The Morgan fingerprint density at radius 2 is 1.96 bits per heavy atom. The molecular formula is C15H11ClN6OS. The molecule has 0 saturated heterocycles. The van der Waals surface area contributed by atoms with Gasteiger partial charge in [-0.05, 0) is 24.6 Å². The fourth-order valence-corrected chi connectivity index (χ4v) is 3.30. The number of anilines is 1. The molecule has 120 valence electrons. The molecule has 0 aliphatic rings. The van der Waals surface area contributed by atoms with E-state index in [9.17, 15) is 5.11 Å². The van der Waals surface area contributed by atoms with Crippen LogP contribution in [0.2, 0.25) is 5.02 Å². The number of nitrogens with two attached hydrogens (primary N) is 1. The molecule has 0 bridgehead atoms. The predicted octanol–water partition coefficient (Wildman–Crippen LogP) is 3.16. The van der Waals surface area contributed by atoms with Crippen molar-refractivity contribution in [3.8, 4) is 27.7 Å². The highest BCUT2D eigenvalue weighted by atomic mass is 35.5. The number of aryl methyl sites for hydroxylation is 1. The summed E-state index contributed by atoms with van der Waals surface area (Å²) < 4.78 is 1.54. The SMILES string of the molecule is Cc1nn2c(N)c(-c3nc(O)cs3)nnc2c1-c1ccc(Cl)cc1. The average Bonchev–Trinajstić information content (AvgIpc) is 3.12. The molecule has 0 spiro atoms. The quantitative estimate of drug-likeness (QED) is 0.570. The molecule has 0 aliphatic heterocycles. The summed E-state index contributed by atoms with van der Waals surface area (Å²) in [6.45, 7) is 1.88. The van der Waals surface area contributed by atoms with Gasteiger partial charge in [-0.2, -0.15) is 14.6 Å². The highest BCUT2D eigenvalue weighted by molar-refractivity contribution is 7.13. The summed E-state index contributed by atoms with van der Waals surface area (Å²) in [6, 6.07) is 7.42. The van der Waals surface area contributed by atoms with Crippen molar-refractivity contribution in [3.63, 3.8) is 0 Å². The van der Waals surface area contributed by atoms with Crippen LogP contribution in [-0.2, 0) is 0 Å². The van der Waals surface area contributed by atoms with Gasteiger partial charge in [-0.25, -0.2) is 0 Å². The molecule has 3 N–H and O–H groups in total. The Kier molecular flexibility index (Phi) is 3.36. The molecule has 0 saturated carbocycles. The second-order valence-corrected chi connectivity index (χ2v) is 6.44. The Bertz CT molecular complexity index is 1060. The minimum atomic E-state index is -0.0743. The van der Waals surface area contributed by atoms with Gasteiger partial charge < -0.3 is 10.8 Å². The van der Waals surface area contributed by atoms with Crippen molar-refractivity contribution >= 4 is 34.4 Å². The number of aromatic hydroxyl groups is 1. The molecule has 0 unspecified atom stereocenters. The van der Waals surface area contributed by atoms with Crippen LogP contribution in [0.5, 0.6) is 5.88 Å². The lowest BCUT2D eigenvalue weighted by atomic mass is 10.1. The van der Waals surface area contributed by atoms with E-state index in [1.165, 1.54) is 16.7 Å². The Hall–Kier alpha value is -2.71. The fraction of sp³-hybridized carbons (Fsp3) is 0.0667. The van der Waals surface area contributed by atoms with Gasteiger partial charge >= 0.3 is 0 Å². The van der Waals surface area contributed by atoms with Crippen LogP contribution in [-0.4, -0.2) is 29.9 Å². The predicted molar refractivity (Wildman–Crippen MR) is 93.2 cm³/mol. The maximum Gasteiger partial charge on any atom is 0.222 e. The van der Waals surface area contributed by atoms with E-state index in [0.29, 0.717) is 27.2 Å². The second-order valence-electron chi connectivity index (χ2n) is 5.15. The fourth-order valence-electron chi connectivity index (χ4n) is 2.51. The first-order chi connectivity index (χ1) is 11.5. The first-order valence-electron chi connectivity index (χ1n) is 6.97. The van der Waals surface area contributed by atoms with Gasteiger partial charge in [0.1, 0.15) is 0 Å². The summed E-state index contributed by atoms with van der Waals surface area (Å²) in [4.78, 5) is 3.98. The summed E-state index contributed by atoms with van der Waals surface area (Å²) in [7, 11) is 0. The van der Waals surface area contributed by atoms with E-state index in [0.717, 1.165) is 16.8 Å². The minimum Gasteiger partial charge on any atom is -0.493 e. The molecule has 24 heavy (non-hydrogen) atoms. The number of nitrogens with zero attached hydrogens (tertiary/aromatic N) is 5. The standard InChI is InChI=1S/C15H11ClN6OS/c1-7-11(8-2-4-9(16)5-3-8)14-20-19-12(13(17)22(14)21-7)15-18-10(23)6-24-15/h2-6,23H,17H2,1H3. The lowest BCUT2D eigenvalue weighted by Crippen LogP contribution is -2.05. The van der Waals surface area contributed by atoms with Crippen LogP contribution in [0.25, 0.3) is 27.5 Å². The Balaban J connectivity index is 1.94. The molecule has 0 radical (unpaired) electrons. The summed E-state index contributed by atoms with van der Waals surface area (Å²) in [5, 5.41) is 25.0. The molecule has 0 fully saturated rings. The first kappa shape index (κ1) is 14.9. The lowest BCUT2D eigenvalue weighted by molar-refractivity contribution is 0.458. The highest BCUT2D eigenvalue weighted by Gasteiger charge is 2.19. The van der Waals surface area contributed by atoms with E-state index in [-0.39, 0.29) is 5.88 Å². The zero-order valence-electron chi connectivity index (χ0n) is 12.4. The number of thiazole rings is 1. The number of aromatic nitrogens is 5. The van der Waals surface area contributed by atoms with Crippen molar-refractivity contribution < 1.29 is 5.11 Å². The summed E-state index contributed by atoms with van der Waals surface area (Å²) >= 11 is 7.19. The van der Waals surface area contributed by atoms with Crippen molar-refractivity contribution in [2.45, 2.75) is 6.92 Å². The molecule has 9 heteroatoms. The summed E-state index contributed by atoms with van der Waals surface area (Å²) in [5.74, 6) is 0.243. The topological polar surface area (TPSA) is 102 Å². The third kappa shape index (κ3) is 2.27. The van der Waals surface area contributed by atoms with Gasteiger partial charge in [0.2, 0.25) is 5.88 Å². The van der Waals surface area contributed by atoms with E-state index < -0.39 is 0 Å². The van der Waals surface area contributed by atoms with Crippen molar-refractivity contribution in [2.24, 2.45) is 0 Å². The van der Waals surface area contributed by atoms with E-state index in [1.54, 1.807) is 4.52 Å². The van der Waals surface area contributed by atoms with Crippen LogP contribution in [0.15, 0.2) is 29.6 Å². The maximum absolute atomic E-state index is 9.41. The van der Waals surface area contributed by atoms with Crippen LogP contribution in [0.4, 0.5) is 5.82 Å². The van der Waals surface area contributed by atoms with E-state index in [2.05, 4.69) is 20.3 Å². The molecule has 0 aliphatic carbocycles. The van der Waals surface area contributed by atoms with E-state index in [1.807, 2.05) is 31.2 Å². The van der Waals surface area contributed by atoms with Crippen molar-refractivity contribution in [2.75, 3.05) is 5.73 Å². The Labute approximate surface area is 145 Å². The molecule has 0 atom stereocenters. The average molecular weight is 359 g/mol. The van der Waals surface area contributed by atoms with Gasteiger partial charge in [0.05, 0.1) is 16.6 Å². The highest BCUT2D eigenvalue weighted by Crippen LogP contribution is 2.33. The van der Waals surface area contributed by atoms with Crippen LogP contribution in [0.1, 0.15) is 5.69 Å². The van der Waals surface area contributed by atoms with Crippen LogP contribution < -0.4 is 5.73 Å². The van der Waals surface area contributed by atoms with Crippen molar-refractivity contribution in [3.05, 3.63) is 40.4 Å². The third-order valence-electron chi connectivity index (χ3n) is 3.58. The number of hydrogen-bond donors (Lipinski definition) is 2. The van der Waals surface area contributed by atoms with Crippen molar-refractivity contribution in [1.29, 1.82) is 0 Å². The first-order valence-corrected chi connectivity index (χ1v) is 8.22. The Morgan fingerprint density at radius 3 is 2.62 bits per heavy atom. The van der Waals surface area contributed by atoms with Gasteiger partial charge in [0.25, 0.3) is 0 Å². The van der Waals surface area contributed by atoms with Gasteiger partial charge in [-0.3, -0.25) is 0 Å². The maximum atomic E-state index is 9.41. The number of benzene rings is 1. The molecule has 4 rings (SSSR count). The zero-order chi connectivity index (χ0) is 16.8. The van der Waals surface area contributed by atoms with Gasteiger partial charge in [-0.1, -0.05) is 23.7 Å². The second kappa shape index (κ2) is 5.43. The van der Waals surface area contributed by atoms with Gasteiger partial charge in [0.15, 0.2) is 22.2 Å². The zero-order valence-corrected chi connectivity index (χ0v) is 14.0. The molecule has 7 nitrogen and oxygen atoms in total. The van der Waals surface area contributed by atoms with Crippen LogP contribution >= 0.6 is 22.9 Å². The van der Waals surface area contributed by atoms with Crippen LogP contribution in [0.3, 0.4) is 0 Å². The van der Waals surface area contributed by atoms with Crippen molar-refractivity contribution in [1.82, 2.24) is 24.8 Å². The number of halogens is 1. The lowest BCUT2D eigenvalue weighted by Gasteiger charge is -2.04. The summed E-state index contributed by atoms with van der Waals surface area (Å²) in [5.41, 5.74) is 9.70. The molecule has 1 aromatic carbocycles. The number of nitrogen functional groups attached to an aromatic ring is 1. The molecule has 4 aromatic rings. The van der Waals surface area contributed by atoms with Gasteiger partial charge in [-0.15, -0.1) is 21.5 Å². The summed E-state index contributed by atoms with van der Waals surface area (Å²) in [6.07, 6.45) is 0.